The molecule has 3 amide bonds. The summed E-state index contributed by atoms with van der Waals surface area (Å²) in [6.45, 7) is 5.83. The number of carbonyl (C=O) groups excluding carboxylic acids is 4. The highest BCUT2D eigenvalue weighted by Crippen LogP contribution is 2.46. The van der Waals surface area contributed by atoms with Crippen molar-refractivity contribution in [3.05, 3.63) is 224 Å². The zero-order chi connectivity index (χ0) is 53.2. The molecule has 4 N–H and O–H groups in total. The number of hydrogen-bond acceptors (Lipinski definition) is 14. The Hall–Kier alpha value is -7.44. The first kappa shape index (κ1) is 53.4. The number of halogens is 1. The molecule has 7 aromatic rings. The van der Waals surface area contributed by atoms with Crippen LogP contribution >= 0.6 is 46.5 Å². The summed E-state index contributed by atoms with van der Waals surface area (Å²) in [5.41, 5.74) is 8.47. The Balaban J connectivity index is 1.03. The number of anilines is 1. The van der Waals surface area contributed by atoms with Crippen LogP contribution in [0.1, 0.15) is 78.8 Å². The van der Waals surface area contributed by atoms with Gasteiger partial charge in [-0.1, -0.05) is 192 Å². The van der Waals surface area contributed by atoms with Gasteiger partial charge in [-0.3, -0.25) is 19.5 Å². The summed E-state index contributed by atoms with van der Waals surface area (Å²) in [4.78, 5) is 75.5. The number of thioether (sulfide) groups is 2. The van der Waals surface area contributed by atoms with Crippen LogP contribution in [-0.4, -0.2) is 74.4 Å². The van der Waals surface area contributed by atoms with Crippen LogP contribution in [0.25, 0.3) is 0 Å². The Labute approximate surface area is 458 Å². The number of benzene rings is 5. The van der Waals surface area contributed by atoms with E-state index in [1.165, 1.54) is 16.7 Å². The van der Waals surface area contributed by atoms with Gasteiger partial charge in [0.2, 0.25) is 5.60 Å². The first-order valence-electron chi connectivity index (χ1n) is 24.5. The number of thiazole rings is 1. The molecule has 0 aliphatic carbocycles. The summed E-state index contributed by atoms with van der Waals surface area (Å²) < 4.78 is 11.9. The lowest BCUT2D eigenvalue weighted by atomic mass is 9.80. The molecule has 4 heterocycles. The summed E-state index contributed by atoms with van der Waals surface area (Å²) in [6, 6.07) is 47.5. The summed E-state index contributed by atoms with van der Waals surface area (Å²) in [7, 11) is 0. The molecule has 2 aliphatic heterocycles. The van der Waals surface area contributed by atoms with Crippen molar-refractivity contribution in [1.82, 2.24) is 25.5 Å². The molecule has 14 nitrogen and oxygen atoms in total. The Morgan fingerprint density at radius 2 is 1.41 bits per heavy atom. The van der Waals surface area contributed by atoms with E-state index in [0.717, 1.165) is 49.6 Å². The molecule has 2 atom stereocenters. The minimum Gasteiger partial charge on any atom is -0.448 e. The Bertz CT molecular complexity index is 3100. The van der Waals surface area contributed by atoms with Crippen LogP contribution in [-0.2, 0) is 40.0 Å². The number of carbonyl (C=O) groups is 4. The zero-order valence-corrected chi connectivity index (χ0v) is 45.0. The largest absolute Gasteiger partial charge is 0.448 e. The quantitative estimate of drug-likeness (QED) is 0.0174. The number of aromatic nitrogens is 2. The van der Waals surface area contributed by atoms with Gasteiger partial charge >= 0.3 is 12.1 Å². The molecule has 9 rings (SSSR count). The maximum absolute atomic E-state index is 15.0. The minimum atomic E-state index is -1.38. The predicted molar refractivity (Wildman–Crippen MR) is 299 cm³/mol. The molecule has 76 heavy (non-hydrogen) atoms. The number of oxime groups is 1. The van der Waals surface area contributed by atoms with Crippen molar-refractivity contribution in [2.45, 2.75) is 73.7 Å². The molecule has 388 valence electrons. The maximum Gasteiger partial charge on any atom is 0.407 e. The number of β-lactam (4-membered cyclic amide) rings is 1. The van der Waals surface area contributed by atoms with Crippen LogP contribution in [0.4, 0.5) is 9.93 Å². The third kappa shape index (κ3) is 12.1. The fraction of sp³-hybridized carbons (Fsp3) is 0.224. The van der Waals surface area contributed by atoms with E-state index in [1.807, 2.05) is 178 Å². The first-order valence-corrected chi connectivity index (χ1v) is 27.7. The molecule has 1 unspecified atom stereocenters. The highest BCUT2D eigenvalue weighted by molar-refractivity contribution is 8.03. The second-order valence-corrected chi connectivity index (χ2v) is 22.6. The molecule has 0 radical (unpaired) electrons. The van der Waals surface area contributed by atoms with Crippen LogP contribution < -0.4 is 16.4 Å². The Morgan fingerprint density at radius 1 is 0.842 bits per heavy atom. The number of amides is 3. The molecule has 2 aliphatic rings. The Morgan fingerprint density at radius 3 is 1.95 bits per heavy atom. The molecular formula is C58H54ClN7O7S3. The molecule has 1 saturated heterocycles. The van der Waals surface area contributed by atoms with Crippen molar-refractivity contribution >= 4 is 81.2 Å². The number of hydrogen-bond donors (Lipinski definition) is 3. The molecule has 0 saturated carbocycles. The van der Waals surface area contributed by atoms with Crippen molar-refractivity contribution in [2.75, 3.05) is 18.0 Å². The van der Waals surface area contributed by atoms with E-state index in [0.29, 0.717) is 35.8 Å². The molecule has 0 bridgehead atoms. The van der Waals surface area contributed by atoms with Crippen LogP contribution in [0.15, 0.2) is 191 Å². The van der Waals surface area contributed by atoms with Crippen molar-refractivity contribution < 1.29 is 33.5 Å². The zero-order valence-electron chi connectivity index (χ0n) is 41.8. The fourth-order valence-electron chi connectivity index (χ4n) is 9.00. The molecule has 2 aromatic heterocycles. The van der Waals surface area contributed by atoms with E-state index in [2.05, 4.69) is 25.8 Å². The Kier molecular flexibility index (Phi) is 16.9. The number of rotatable bonds is 19. The van der Waals surface area contributed by atoms with Crippen LogP contribution in [0.3, 0.4) is 0 Å². The average molecular weight is 1090 g/mol. The second-order valence-electron chi connectivity index (χ2n) is 18.7. The van der Waals surface area contributed by atoms with Gasteiger partial charge in [-0.2, -0.15) is 11.8 Å². The number of allylic oxidation sites excluding steroid dienone is 1. The number of alkyl carbamates (subject to hydrolysis) is 1. The van der Waals surface area contributed by atoms with Crippen LogP contribution in [0, 0.1) is 0 Å². The van der Waals surface area contributed by atoms with Gasteiger partial charge in [0.25, 0.3) is 11.8 Å². The fourth-order valence-corrected chi connectivity index (χ4v) is 12.0. The summed E-state index contributed by atoms with van der Waals surface area (Å²) >= 11 is 10.7. The lowest BCUT2D eigenvalue weighted by molar-refractivity contribution is -0.158. The predicted octanol–water partition coefficient (Wildman–Crippen LogP) is 11.1. The maximum atomic E-state index is 15.0. The van der Waals surface area contributed by atoms with Gasteiger partial charge in [0.15, 0.2) is 16.9 Å². The SMILES string of the molecule is CC(C)(C)OC(=O)NCCSCc1cnccc1SC1=C(C(=O)OC(c2ccccc2)c2ccccc2)N2C(=O)[C@H](NC(=O)C(=NOC(c3ccccc3)(c3ccccc3)c3ccccc3)c3nc(N)sc3Cl)C2CC1. The molecule has 0 spiro atoms. The summed E-state index contributed by atoms with van der Waals surface area (Å²) in [5.74, 6) is -0.882. The third-order valence-electron chi connectivity index (χ3n) is 12.4. The highest BCUT2D eigenvalue weighted by atomic mass is 35.5. The van der Waals surface area contributed by atoms with Gasteiger partial charge in [-0.15, -0.1) is 0 Å². The number of nitrogens with zero attached hydrogens (tertiary/aromatic N) is 4. The number of esters is 1. The number of ether oxygens (including phenoxy) is 2. The third-order valence-corrected chi connectivity index (χ3v) is 15.8. The van der Waals surface area contributed by atoms with Crippen molar-refractivity contribution in [3.63, 3.8) is 0 Å². The molecular weight excluding hydrogens is 1040 g/mol. The number of fused-ring (bicyclic) bond motifs is 1. The first-order chi connectivity index (χ1) is 36.8. The van der Waals surface area contributed by atoms with Crippen LogP contribution in [0.5, 0.6) is 0 Å². The smallest absolute Gasteiger partial charge is 0.407 e. The number of nitrogen functional groups attached to an aromatic ring is 1. The van der Waals surface area contributed by atoms with Crippen molar-refractivity contribution in [3.8, 4) is 0 Å². The normalized spacial score (nSPS) is 15.6. The summed E-state index contributed by atoms with van der Waals surface area (Å²) in [5, 5.41) is 10.4. The minimum absolute atomic E-state index is 0.0293. The number of nitrogens with two attached hydrogens (primary N) is 1. The van der Waals surface area contributed by atoms with Gasteiger partial charge in [0.05, 0.1) is 6.04 Å². The van der Waals surface area contributed by atoms with Gasteiger partial charge in [0, 0.05) is 56.9 Å². The van der Waals surface area contributed by atoms with Gasteiger partial charge in [-0.25, -0.2) is 14.6 Å². The molecule has 18 heteroatoms. The topological polar surface area (TPSA) is 187 Å². The number of nitrogens with one attached hydrogen (secondary N) is 2. The van der Waals surface area contributed by atoms with Gasteiger partial charge in [-0.05, 0) is 56.4 Å². The second kappa shape index (κ2) is 24.0. The van der Waals surface area contributed by atoms with E-state index in [1.54, 1.807) is 24.2 Å². The standard InChI is InChI=1S/C58H54ClN7O7S3/c1-57(2,3)72-56(70)62-33-34-74-36-39-35-61-32-31-44(39)75-45-30-29-43-46(53(68)66(43)49(45)54(69)71-50(37-19-9-4-10-20-37)38-21-11-5-12-22-38)63-52(67)48(47-51(59)76-55(60)64-47)65-73-58(40-23-13-6-14-24-40,41-25-15-7-16-26-41)42-27-17-8-18-28-42/h4-28,31-32,35,43,46,50H,29-30,33-34,36H2,1-3H3,(H2,60,64)(H,62,70)(H,63,67)/t43?,46-/m1/s1. The summed E-state index contributed by atoms with van der Waals surface area (Å²) in [6.07, 6.45) is 2.90. The van der Waals surface area contributed by atoms with Gasteiger partial charge < -0.3 is 30.7 Å². The number of pyridine rings is 1. The van der Waals surface area contributed by atoms with Gasteiger partial charge in [0.1, 0.15) is 27.4 Å². The van der Waals surface area contributed by atoms with Crippen LogP contribution in [0.2, 0.25) is 4.34 Å². The van der Waals surface area contributed by atoms with E-state index in [4.69, 9.17) is 31.6 Å². The lowest BCUT2D eigenvalue weighted by Gasteiger charge is -2.50. The van der Waals surface area contributed by atoms with E-state index < -0.39 is 53.3 Å². The average Bonchev–Trinajstić information content (AvgIpc) is 3.79. The molecule has 5 aromatic carbocycles. The van der Waals surface area contributed by atoms with E-state index in [9.17, 15) is 14.4 Å². The van der Waals surface area contributed by atoms with E-state index in [-0.39, 0.29) is 26.6 Å². The molecule has 1 fully saturated rings. The monoisotopic (exact) mass is 1090 g/mol. The highest BCUT2D eigenvalue weighted by Gasteiger charge is 2.54. The van der Waals surface area contributed by atoms with Crippen molar-refractivity contribution in [1.29, 1.82) is 0 Å². The van der Waals surface area contributed by atoms with E-state index >= 15 is 4.79 Å². The van der Waals surface area contributed by atoms with Crippen molar-refractivity contribution in [2.24, 2.45) is 5.16 Å². The lowest BCUT2D eigenvalue weighted by Crippen LogP contribution is -2.72.